The van der Waals surface area contributed by atoms with Crippen molar-refractivity contribution in [2.24, 2.45) is 0 Å². The lowest BCUT2D eigenvalue weighted by molar-refractivity contribution is -0.139. The summed E-state index contributed by atoms with van der Waals surface area (Å²) in [6.45, 7) is 1.17. The first-order valence-corrected chi connectivity index (χ1v) is 7.40. The maximum atomic E-state index is 11.5. The smallest absolute Gasteiger partial charge is 0.326 e. The average molecular weight is 276 g/mol. The van der Waals surface area contributed by atoms with Gasteiger partial charge in [-0.3, -0.25) is 0 Å². The van der Waals surface area contributed by atoms with Gasteiger partial charge in [0.2, 0.25) is 0 Å². The summed E-state index contributed by atoms with van der Waals surface area (Å²) in [5.74, 6) is -0.306. The number of carbonyl (C=O) groups is 2. The summed E-state index contributed by atoms with van der Waals surface area (Å²) in [4.78, 5) is 22.5. The molecule has 1 saturated heterocycles. The van der Waals surface area contributed by atoms with Crippen molar-refractivity contribution >= 4 is 23.8 Å². The number of carbonyl (C=O) groups excluding carboxylic acids is 1. The fraction of sp³-hybridized carbons (Fsp3) is 0.818. The van der Waals surface area contributed by atoms with Crippen molar-refractivity contribution in [2.75, 3.05) is 25.2 Å². The van der Waals surface area contributed by atoms with E-state index in [1.165, 1.54) is 0 Å². The number of nitrogens with one attached hydrogen (secondary N) is 2. The van der Waals surface area contributed by atoms with Crippen molar-refractivity contribution in [1.29, 1.82) is 0 Å². The van der Waals surface area contributed by atoms with Crippen LogP contribution < -0.4 is 10.6 Å². The molecule has 0 aromatic carbocycles. The summed E-state index contributed by atoms with van der Waals surface area (Å²) in [6, 6.07) is -1.28. The van der Waals surface area contributed by atoms with Crippen LogP contribution >= 0.6 is 11.8 Å². The minimum atomic E-state index is -1.00. The van der Waals surface area contributed by atoms with Crippen molar-refractivity contribution in [3.63, 3.8) is 0 Å². The Kier molecular flexibility index (Phi) is 6.89. The second-order valence-corrected chi connectivity index (χ2v) is 5.15. The molecule has 1 heterocycles. The first kappa shape index (κ1) is 15.1. The van der Waals surface area contributed by atoms with Gasteiger partial charge in [-0.1, -0.05) is 0 Å². The van der Waals surface area contributed by atoms with Crippen LogP contribution in [0.1, 0.15) is 19.3 Å². The second kappa shape index (κ2) is 8.20. The molecule has 1 aliphatic heterocycles. The summed E-state index contributed by atoms with van der Waals surface area (Å²) in [7, 11) is 0. The van der Waals surface area contributed by atoms with E-state index in [9.17, 15) is 9.59 Å². The van der Waals surface area contributed by atoms with Gasteiger partial charge in [0.25, 0.3) is 0 Å². The summed E-state index contributed by atoms with van der Waals surface area (Å²) in [6.07, 6.45) is 4.33. The van der Waals surface area contributed by atoms with Crippen LogP contribution in [0, 0.1) is 0 Å². The van der Waals surface area contributed by atoms with E-state index in [0.29, 0.717) is 18.7 Å². The van der Waals surface area contributed by atoms with Crippen molar-refractivity contribution < 1.29 is 19.4 Å². The highest BCUT2D eigenvalue weighted by Crippen LogP contribution is 2.10. The Morgan fingerprint density at radius 3 is 2.89 bits per heavy atom. The molecule has 3 N–H and O–H groups in total. The lowest BCUT2D eigenvalue weighted by atomic mass is 10.2. The molecule has 18 heavy (non-hydrogen) atoms. The number of hydrogen-bond donors (Lipinski definition) is 3. The monoisotopic (exact) mass is 276 g/mol. The zero-order valence-corrected chi connectivity index (χ0v) is 11.3. The number of aliphatic carboxylic acids is 1. The third-order valence-electron chi connectivity index (χ3n) is 2.73. The molecule has 0 radical (unpaired) electrons. The Labute approximate surface area is 111 Å². The van der Waals surface area contributed by atoms with Gasteiger partial charge in [0.05, 0.1) is 6.10 Å². The van der Waals surface area contributed by atoms with Crippen LogP contribution in [-0.2, 0) is 9.53 Å². The van der Waals surface area contributed by atoms with Gasteiger partial charge in [-0.05, 0) is 31.3 Å². The molecule has 0 aliphatic carbocycles. The largest absolute Gasteiger partial charge is 0.480 e. The van der Waals surface area contributed by atoms with Crippen LogP contribution in [0.4, 0.5) is 4.79 Å². The quantitative estimate of drug-likeness (QED) is 0.636. The van der Waals surface area contributed by atoms with Crippen LogP contribution in [0.2, 0.25) is 0 Å². The highest BCUT2D eigenvalue weighted by molar-refractivity contribution is 7.98. The van der Waals surface area contributed by atoms with Crippen LogP contribution in [0.15, 0.2) is 0 Å². The number of thioether (sulfide) groups is 1. The Hall–Kier alpha value is -0.950. The van der Waals surface area contributed by atoms with E-state index < -0.39 is 18.0 Å². The van der Waals surface area contributed by atoms with Crippen molar-refractivity contribution in [3.8, 4) is 0 Å². The van der Waals surface area contributed by atoms with Crippen LogP contribution in [0.5, 0.6) is 0 Å². The molecule has 7 heteroatoms. The summed E-state index contributed by atoms with van der Waals surface area (Å²) < 4.78 is 5.36. The van der Waals surface area contributed by atoms with E-state index in [1.54, 1.807) is 11.8 Å². The molecule has 1 aliphatic rings. The first-order valence-electron chi connectivity index (χ1n) is 6.01. The maximum Gasteiger partial charge on any atom is 0.326 e. The maximum absolute atomic E-state index is 11.5. The third kappa shape index (κ3) is 5.59. The number of amides is 2. The SMILES string of the molecule is CSCC[C@H](NC(=O)NC[C@H]1CCCO1)C(=O)O. The second-order valence-electron chi connectivity index (χ2n) is 4.16. The molecule has 2 atom stereocenters. The topological polar surface area (TPSA) is 87.7 Å². The number of carboxylic acid groups (broad SMARTS) is 1. The molecule has 0 saturated carbocycles. The lowest BCUT2D eigenvalue weighted by Crippen LogP contribution is -2.47. The highest BCUT2D eigenvalue weighted by Gasteiger charge is 2.20. The first-order chi connectivity index (χ1) is 8.63. The van der Waals surface area contributed by atoms with Crippen LogP contribution in [0.3, 0.4) is 0 Å². The predicted octanol–water partition coefficient (Wildman–Crippen LogP) is 0.671. The van der Waals surface area contributed by atoms with Gasteiger partial charge in [-0.15, -0.1) is 0 Å². The molecular weight excluding hydrogens is 256 g/mol. The number of urea groups is 1. The zero-order chi connectivity index (χ0) is 13.4. The highest BCUT2D eigenvalue weighted by atomic mass is 32.2. The van der Waals surface area contributed by atoms with Gasteiger partial charge in [0.15, 0.2) is 0 Å². The molecule has 0 spiro atoms. The van der Waals surface area contributed by atoms with Crippen LogP contribution in [-0.4, -0.2) is 54.4 Å². The van der Waals surface area contributed by atoms with E-state index in [2.05, 4.69) is 10.6 Å². The average Bonchev–Trinajstić information content (AvgIpc) is 2.84. The van der Waals surface area contributed by atoms with E-state index in [4.69, 9.17) is 9.84 Å². The Bertz CT molecular complexity index is 282. The number of hydrogen-bond acceptors (Lipinski definition) is 4. The molecule has 0 bridgehead atoms. The standard InChI is InChI=1S/C11H20N2O4S/c1-18-6-4-9(10(14)15)13-11(16)12-7-8-3-2-5-17-8/h8-9H,2-7H2,1H3,(H,14,15)(H2,12,13,16)/t8-,9+/m1/s1. The summed E-state index contributed by atoms with van der Waals surface area (Å²) in [5, 5.41) is 14.0. The van der Waals surface area contributed by atoms with E-state index >= 15 is 0 Å². The van der Waals surface area contributed by atoms with Gasteiger partial charge < -0.3 is 20.5 Å². The van der Waals surface area contributed by atoms with Gasteiger partial charge >= 0.3 is 12.0 Å². The van der Waals surface area contributed by atoms with E-state index in [-0.39, 0.29) is 6.10 Å². The Morgan fingerprint density at radius 1 is 1.56 bits per heavy atom. The van der Waals surface area contributed by atoms with Gasteiger partial charge in [0, 0.05) is 13.2 Å². The minimum Gasteiger partial charge on any atom is -0.480 e. The molecular formula is C11H20N2O4S. The molecule has 104 valence electrons. The van der Waals surface area contributed by atoms with Gasteiger partial charge in [-0.25, -0.2) is 9.59 Å². The molecule has 0 aromatic rings. The van der Waals surface area contributed by atoms with E-state index in [1.807, 2.05) is 6.26 Å². The van der Waals surface area contributed by atoms with Crippen molar-refractivity contribution in [1.82, 2.24) is 10.6 Å². The zero-order valence-electron chi connectivity index (χ0n) is 10.5. The summed E-state index contributed by atoms with van der Waals surface area (Å²) in [5.41, 5.74) is 0. The lowest BCUT2D eigenvalue weighted by Gasteiger charge is -2.16. The van der Waals surface area contributed by atoms with Crippen LogP contribution in [0.25, 0.3) is 0 Å². The molecule has 0 aromatic heterocycles. The number of carboxylic acids is 1. The third-order valence-corrected chi connectivity index (χ3v) is 3.37. The molecule has 1 rings (SSSR count). The minimum absolute atomic E-state index is 0.0604. The molecule has 2 amide bonds. The number of rotatable bonds is 7. The molecule has 0 unspecified atom stereocenters. The van der Waals surface area contributed by atoms with E-state index in [0.717, 1.165) is 19.4 Å². The fourth-order valence-electron chi connectivity index (χ4n) is 1.71. The molecule has 1 fully saturated rings. The summed E-state index contributed by atoms with van der Waals surface area (Å²) >= 11 is 1.55. The van der Waals surface area contributed by atoms with Gasteiger partial charge in [-0.2, -0.15) is 11.8 Å². The predicted molar refractivity (Wildman–Crippen MR) is 69.9 cm³/mol. The Morgan fingerprint density at radius 2 is 2.33 bits per heavy atom. The molecule has 6 nitrogen and oxygen atoms in total. The Balaban J connectivity index is 2.24. The number of ether oxygens (including phenoxy) is 1. The fourth-order valence-corrected chi connectivity index (χ4v) is 2.19. The van der Waals surface area contributed by atoms with Crippen molar-refractivity contribution in [3.05, 3.63) is 0 Å². The normalized spacial score (nSPS) is 20.4. The van der Waals surface area contributed by atoms with Gasteiger partial charge in [0.1, 0.15) is 6.04 Å². The van der Waals surface area contributed by atoms with Crippen molar-refractivity contribution in [2.45, 2.75) is 31.4 Å².